The molecule has 7 heterocycles. The minimum atomic E-state index is -2.95. The average molecular weight is 1400 g/mol. The molecule has 5 aliphatic rings. The van der Waals surface area contributed by atoms with Crippen molar-refractivity contribution in [2.75, 3.05) is 26.2 Å². The van der Waals surface area contributed by atoms with E-state index < -0.39 is 55.3 Å². The van der Waals surface area contributed by atoms with E-state index in [1.54, 1.807) is 46.9 Å². The molecule has 11 rings (SSSR count). The van der Waals surface area contributed by atoms with E-state index in [0.717, 1.165) is 211 Å². The van der Waals surface area contributed by atoms with Crippen LogP contribution >= 0.6 is 22.7 Å². The first-order valence-corrected chi connectivity index (χ1v) is 43.2. The van der Waals surface area contributed by atoms with Gasteiger partial charge in [-0.1, -0.05) is 235 Å². The summed E-state index contributed by atoms with van der Waals surface area (Å²) in [6.07, 6.45) is 32.2. The van der Waals surface area contributed by atoms with Gasteiger partial charge in [0.25, 0.3) is 47.3 Å². The number of hydrogen-bond acceptors (Lipinski definition) is 10. The Hall–Kier alpha value is -6.42. The Kier molecular flexibility index (Phi) is 25.0. The highest BCUT2D eigenvalue weighted by Crippen LogP contribution is 2.53. The van der Waals surface area contributed by atoms with E-state index in [-0.39, 0.29) is 26.2 Å². The van der Waals surface area contributed by atoms with Gasteiger partial charge in [-0.25, -0.2) is 0 Å². The summed E-state index contributed by atoms with van der Waals surface area (Å²) in [6, 6.07) is 17.5. The van der Waals surface area contributed by atoms with Crippen LogP contribution in [0.1, 0.15) is 344 Å². The van der Waals surface area contributed by atoms with Crippen LogP contribution in [0.2, 0.25) is 12.1 Å². The lowest BCUT2D eigenvalue weighted by molar-refractivity contribution is 0.0586. The fraction of sp³-hybridized carbons (Fsp3) is 0.571. The molecule has 4 aromatic carbocycles. The topological polar surface area (TPSA) is 150 Å². The highest BCUT2D eigenvalue weighted by atomic mass is 32.1. The van der Waals surface area contributed by atoms with Gasteiger partial charge >= 0.3 is 0 Å². The number of fused-ring (bicyclic) bond motifs is 3. The summed E-state index contributed by atoms with van der Waals surface area (Å²) in [5.74, 6) is -2.35. The summed E-state index contributed by atoms with van der Waals surface area (Å²) in [4.78, 5) is 132. The van der Waals surface area contributed by atoms with Crippen LogP contribution in [0.3, 0.4) is 0 Å². The molecule has 0 saturated carbocycles. The van der Waals surface area contributed by atoms with Gasteiger partial charge in [0.2, 0.25) is 0 Å². The van der Waals surface area contributed by atoms with E-state index in [0.29, 0.717) is 115 Å². The van der Waals surface area contributed by atoms with Crippen LogP contribution in [0, 0.1) is 11.8 Å². The van der Waals surface area contributed by atoms with Crippen LogP contribution in [-0.4, -0.2) is 101 Å². The zero-order valence-electron chi connectivity index (χ0n) is 61.0. The highest BCUT2D eigenvalue weighted by molar-refractivity contribution is 7.31. The van der Waals surface area contributed by atoms with E-state index in [2.05, 4.69) is 67.5 Å². The summed E-state index contributed by atoms with van der Waals surface area (Å²) in [5.41, 5.74) is 4.02. The molecule has 99 heavy (non-hydrogen) atoms. The smallest absolute Gasteiger partial charge is 0.262 e. The predicted octanol–water partition coefficient (Wildman–Crippen LogP) is 21.3. The van der Waals surface area contributed by atoms with Crippen molar-refractivity contribution in [1.29, 1.82) is 0 Å². The lowest BCUT2D eigenvalue weighted by atomic mass is 9.83. The molecule has 2 aromatic heterocycles. The van der Waals surface area contributed by atoms with Gasteiger partial charge in [0, 0.05) is 112 Å². The molecule has 0 N–H and O–H groups in total. The molecular weight excluding hydrogens is 1290 g/mol. The Morgan fingerprint density at radius 2 is 0.576 bits per heavy atom. The molecule has 6 aromatic rings. The Balaban J connectivity index is 1.13. The molecule has 0 spiro atoms. The van der Waals surface area contributed by atoms with E-state index in [1.807, 2.05) is 12.1 Å². The minimum absolute atomic E-state index is 0.260. The number of rotatable bonds is 42. The Bertz CT molecular complexity index is 3770. The maximum atomic E-state index is 15.9. The number of unbranched alkanes of at least 4 members (excludes halogenated alkanes) is 22. The van der Waals surface area contributed by atoms with Crippen molar-refractivity contribution in [1.82, 2.24) is 19.6 Å². The molecule has 5 aliphatic heterocycles. The Morgan fingerprint density at radius 1 is 0.303 bits per heavy atom. The Labute approximate surface area is 598 Å². The zero-order chi connectivity index (χ0) is 70.1. The average Bonchev–Trinajstić information content (AvgIpc) is 1.68. The van der Waals surface area contributed by atoms with Crippen LogP contribution in [0.25, 0.3) is 52.2 Å². The SMILES string of the molecule is CCCCCCCCN1C(=O)c2ccc3c4c(c(-c5cc6c(s5)-c5sc(-c7cc8c9c(ccc%10c9c7C(=O)N(CCCCCCCC)C%10=O)C(=O)N(CCCCCCCC)C8=O)cc5[Si]6(CC(CC)CCCC)CC(CC)CCCC)cc(c24)C1=O)C(=O)N(CCCCCCCC)C3=O. The van der Waals surface area contributed by atoms with Gasteiger partial charge in [-0.15, -0.1) is 22.7 Å². The summed E-state index contributed by atoms with van der Waals surface area (Å²) < 4.78 is 0. The number of carbonyl (C=O) groups is 8. The van der Waals surface area contributed by atoms with Crippen LogP contribution in [0.4, 0.5) is 0 Å². The van der Waals surface area contributed by atoms with Crippen molar-refractivity contribution in [3.8, 4) is 30.6 Å². The number of imide groups is 4. The third-order valence-electron chi connectivity index (χ3n) is 22.9. The standard InChI is InChI=1S/C84H110N4O8S2Si/c1-9-17-23-27-31-35-45-85-77(89)57-41-43-59-71-69(57)63(81(85)93)49-61(73(71)83(95)87(79(59)91)47-37-33-29-25-19-11-3)65-51-67-75(97-65)76-68(99(67,53-55(15-7)39-21-13-5)54-56(16-8)40-22-14-6)52-66(98-76)62-50-64-70-58(78(90)86(82(64)94)46-36-32-28-24-18-10-2)42-44-60-72(70)74(62)84(96)88(80(60)92)48-38-34-30-26-20-12-4/h41-44,49-52,55-56H,9-40,45-48,53-54H2,1-8H3. The number of nitrogens with zero attached hydrogens (tertiary/aromatic N) is 4. The predicted molar refractivity (Wildman–Crippen MR) is 410 cm³/mol. The molecule has 0 radical (unpaired) electrons. The maximum absolute atomic E-state index is 15.9. The number of carbonyl (C=O) groups excluding carboxylic acids is 8. The van der Waals surface area contributed by atoms with Gasteiger partial charge in [0.05, 0.1) is 11.1 Å². The van der Waals surface area contributed by atoms with E-state index in [4.69, 9.17) is 0 Å². The van der Waals surface area contributed by atoms with Gasteiger partial charge in [-0.3, -0.25) is 58.0 Å². The van der Waals surface area contributed by atoms with Crippen molar-refractivity contribution in [2.24, 2.45) is 11.8 Å². The molecule has 0 saturated heterocycles. The monoisotopic (exact) mass is 1390 g/mol. The van der Waals surface area contributed by atoms with E-state index >= 15 is 28.8 Å². The lowest BCUT2D eigenvalue weighted by Gasteiger charge is -2.36. The molecule has 530 valence electrons. The lowest BCUT2D eigenvalue weighted by Crippen LogP contribution is -2.56. The summed E-state index contributed by atoms with van der Waals surface area (Å²) in [7, 11) is -2.95. The molecule has 0 aliphatic carbocycles. The summed E-state index contributed by atoms with van der Waals surface area (Å²) in [5, 5.41) is 4.25. The summed E-state index contributed by atoms with van der Waals surface area (Å²) in [6.45, 7) is 19.0. The van der Waals surface area contributed by atoms with Crippen molar-refractivity contribution >= 4 is 110 Å². The first-order valence-electron chi connectivity index (χ1n) is 39.2. The number of amides is 8. The van der Waals surface area contributed by atoms with E-state index in [1.165, 1.54) is 30.0 Å². The van der Waals surface area contributed by atoms with E-state index in [9.17, 15) is 9.59 Å². The first-order chi connectivity index (χ1) is 48.2. The normalized spacial score (nSPS) is 15.9. The second kappa shape index (κ2) is 33.6. The quantitative estimate of drug-likeness (QED) is 0.0209. The molecule has 8 amide bonds. The van der Waals surface area contributed by atoms with Gasteiger partial charge in [-0.2, -0.15) is 0 Å². The van der Waals surface area contributed by atoms with Crippen molar-refractivity contribution < 1.29 is 38.4 Å². The van der Waals surface area contributed by atoms with Gasteiger partial charge in [-0.05, 0) is 109 Å². The zero-order valence-corrected chi connectivity index (χ0v) is 63.6. The molecule has 0 bridgehead atoms. The summed E-state index contributed by atoms with van der Waals surface area (Å²) >= 11 is 3.32. The number of benzene rings is 4. The third kappa shape index (κ3) is 14.4. The molecular formula is C84H110N4O8S2Si. The third-order valence-corrected chi connectivity index (χ3v) is 31.1. The number of hydrogen-bond donors (Lipinski definition) is 0. The Morgan fingerprint density at radius 3 is 0.879 bits per heavy atom. The number of thiophene rings is 2. The molecule has 15 heteroatoms. The highest BCUT2D eigenvalue weighted by Gasteiger charge is 2.52. The van der Waals surface area contributed by atoms with Gasteiger partial charge < -0.3 is 0 Å². The van der Waals surface area contributed by atoms with Gasteiger partial charge in [0.15, 0.2) is 0 Å². The second-order valence-corrected chi connectivity index (χ2v) is 35.8. The van der Waals surface area contributed by atoms with Crippen molar-refractivity contribution in [2.45, 2.75) is 273 Å². The molecule has 12 nitrogen and oxygen atoms in total. The van der Waals surface area contributed by atoms with Crippen LogP contribution in [0.5, 0.6) is 0 Å². The van der Waals surface area contributed by atoms with Gasteiger partial charge in [0.1, 0.15) is 8.07 Å². The molecule has 2 atom stereocenters. The maximum Gasteiger partial charge on any atom is 0.262 e. The largest absolute Gasteiger partial charge is 0.274 e. The molecule has 0 fully saturated rings. The fourth-order valence-corrected chi connectivity index (χ4v) is 27.6. The molecule has 2 unspecified atom stereocenters. The minimum Gasteiger partial charge on any atom is -0.274 e. The second-order valence-electron chi connectivity index (χ2n) is 29.7. The van der Waals surface area contributed by atoms with Crippen molar-refractivity contribution in [3.05, 3.63) is 93.0 Å². The fourth-order valence-electron chi connectivity index (χ4n) is 17.2. The van der Waals surface area contributed by atoms with Crippen LogP contribution in [-0.2, 0) is 0 Å². The van der Waals surface area contributed by atoms with Crippen LogP contribution < -0.4 is 10.4 Å². The van der Waals surface area contributed by atoms with Crippen LogP contribution in [0.15, 0.2) is 48.5 Å². The first kappa shape index (κ1) is 73.8. The van der Waals surface area contributed by atoms with Crippen molar-refractivity contribution in [3.63, 3.8) is 0 Å².